The number of rotatable bonds is 9. The largest absolute Gasteiger partial charge is 0.491 e. The van der Waals surface area contributed by atoms with Gasteiger partial charge in [0.25, 0.3) is 0 Å². The lowest BCUT2D eigenvalue weighted by molar-refractivity contribution is -0.162. The van der Waals surface area contributed by atoms with Crippen molar-refractivity contribution in [1.29, 1.82) is 0 Å². The van der Waals surface area contributed by atoms with Gasteiger partial charge in [0.2, 0.25) is 0 Å². The van der Waals surface area contributed by atoms with Crippen molar-refractivity contribution in [3.8, 4) is 5.75 Å². The summed E-state index contributed by atoms with van der Waals surface area (Å²) in [4.78, 5) is 23.5. The van der Waals surface area contributed by atoms with Gasteiger partial charge < -0.3 is 14.2 Å². The van der Waals surface area contributed by atoms with Crippen LogP contribution in [0.25, 0.3) is 0 Å². The van der Waals surface area contributed by atoms with Gasteiger partial charge in [0.05, 0.1) is 19.8 Å². The molecular formula is C16H21FO5. The van der Waals surface area contributed by atoms with Gasteiger partial charge in [-0.15, -0.1) is 0 Å². The van der Waals surface area contributed by atoms with Crippen molar-refractivity contribution in [1.82, 2.24) is 0 Å². The van der Waals surface area contributed by atoms with E-state index in [-0.39, 0.29) is 32.0 Å². The smallest absolute Gasteiger partial charge is 0.320 e. The summed E-state index contributed by atoms with van der Waals surface area (Å²) in [6.07, 6.45) is 0.628. The van der Waals surface area contributed by atoms with Crippen LogP contribution in [0.15, 0.2) is 24.3 Å². The normalized spacial score (nSPS) is 10.4. The fraction of sp³-hybridized carbons (Fsp3) is 0.500. The summed E-state index contributed by atoms with van der Waals surface area (Å²) in [6, 6.07) is 6.05. The number of para-hydroxylation sites is 1. The van der Waals surface area contributed by atoms with Crippen LogP contribution in [-0.4, -0.2) is 31.8 Å². The van der Waals surface area contributed by atoms with Gasteiger partial charge in [0, 0.05) is 0 Å². The van der Waals surface area contributed by atoms with E-state index in [2.05, 4.69) is 0 Å². The molecule has 0 fully saturated rings. The summed E-state index contributed by atoms with van der Waals surface area (Å²) in [5, 5.41) is 0. The molecule has 0 saturated carbocycles. The highest BCUT2D eigenvalue weighted by molar-refractivity contribution is 5.94. The van der Waals surface area contributed by atoms with E-state index in [9.17, 15) is 14.0 Å². The van der Waals surface area contributed by atoms with Crippen molar-refractivity contribution >= 4 is 11.9 Å². The van der Waals surface area contributed by atoms with Crippen LogP contribution in [0.3, 0.4) is 0 Å². The summed E-state index contributed by atoms with van der Waals surface area (Å²) in [5.74, 6) is -2.48. The molecule has 0 atom stereocenters. The number of halogens is 1. The van der Waals surface area contributed by atoms with E-state index in [4.69, 9.17) is 14.2 Å². The molecule has 1 rings (SSSR count). The quantitative estimate of drug-likeness (QED) is 0.398. The van der Waals surface area contributed by atoms with Crippen molar-refractivity contribution in [3.63, 3.8) is 0 Å². The Morgan fingerprint density at radius 3 is 2.23 bits per heavy atom. The summed E-state index contributed by atoms with van der Waals surface area (Å²) < 4.78 is 28.4. The van der Waals surface area contributed by atoms with Crippen LogP contribution in [0.5, 0.6) is 5.75 Å². The van der Waals surface area contributed by atoms with E-state index in [0.29, 0.717) is 6.42 Å². The summed E-state index contributed by atoms with van der Waals surface area (Å²) in [6.45, 7) is 3.92. The highest BCUT2D eigenvalue weighted by Crippen LogP contribution is 2.17. The van der Waals surface area contributed by atoms with Crippen molar-refractivity contribution in [2.75, 3.05) is 19.8 Å². The van der Waals surface area contributed by atoms with Gasteiger partial charge in [0.1, 0.15) is 0 Å². The summed E-state index contributed by atoms with van der Waals surface area (Å²) >= 11 is 0. The molecule has 0 radical (unpaired) electrons. The molecular weight excluding hydrogens is 291 g/mol. The second kappa shape index (κ2) is 9.76. The van der Waals surface area contributed by atoms with Crippen LogP contribution < -0.4 is 4.74 Å². The molecule has 0 aliphatic carbocycles. The third-order valence-corrected chi connectivity index (χ3v) is 2.87. The van der Waals surface area contributed by atoms with Crippen molar-refractivity contribution in [2.24, 2.45) is 5.92 Å². The van der Waals surface area contributed by atoms with E-state index in [0.717, 1.165) is 0 Å². The van der Waals surface area contributed by atoms with E-state index >= 15 is 0 Å². The van der Waals surface area contributed by atoms with E-state index in [1.807, 2.05) is 0 Å². The summed E-state index contributed by atoms with van der Waals surface area (Å²) in [5.41, 5.74) is 0. The number of carbonyl (C=O) groups is 2. The Morgan fingerprint density at radius 1 is 1.09 bits per heavy atom. The van der Waals surface area contributed by atoms with Crippen LogP contribution in [-0.2, 0) is 19.1 Å². The predicted molar refractivity (Wildman–Crippen MR) is 77.9 cm³/mol. The Bertz CT molecular complexity index is 471. The Morgan fingerprint density at radius 2 is 1.68 bits per heavy atom. The molecule has 6 heteroatoms. The Hall–Kier alpha value is -2.11. The first-order valence-corrected chi connectivity index (χ1v) is 7.30. The van der Waals surface area contributed by atoms with E-state index in [1.54, 1.807) is 26.0 Å². The van der Waals surface area contributed by atoms with Crippen LogP contribution in [0.4, 0.5) is 4.39 Å². The summed E-state index contributed by atoms with van der Waals surface area (Å²) in [7, 11) is 0. The van der Waals surface area contributed by atoms with Gasteiger partial charge in [-0.2, -0.15) is 0 Å². The van der Waals surface area contributed by atoms with Gasteiger partial charge >= 0.3 is 11.9 Å². The molecule has 5 nitrogen and oxygen atoms in total. The number of benzene rings is 1. The molecule has 0 heterocycles. The minimum atomic E-state index is -0.968. The van der Waals surface area contributed by atoms with Gasteiger partial charge in [-0.1, -0.05) is 12.1 Å². The van der Waals surface area contributed by atoms with Gasteiger partial charge in [-0.25, -0.2) is 4.39 Å². The SMILES string of the molecule is CCOC(=O)C(CCCOc1ccccc1F)C(=O)OCC. The lowest BCUT2D eigenvalue weighted by atomic mass is 10.0. The van der Waals surface area contributed by atoms with Crippen molar-refractivity contribution in [2.45, 2.75) is 26.7 Å². The molecule has 22 heavy (non-hydrogen) atoms. The predicted octanol–water partition coefficient (Wildman–Crippen LogP) is 2.73. The maximum absolute atomic E-state index is 13.4. The lowest BCUT2D eigenvalue weighted by Crippen LogP contribution is -2.28. The molecule has 0 unspecified atom stereocenters. The Kier molecular flexibility index (Phi) is 7.96. The van der Waals surface area contributed by atoms with Crippen molar-refractivity contribution in [3.05, 3.63) is 30.1 Å². The molecule has 0 spiro atoms. The lowest BCUT2D eigenvalue weighted by Gasteiger charge is -2.14. The molecule has 0 N–H and O–H groups in total. The van der Waals surface area contributed by atoms with Crippen LogP contribution in [0, 0.1) is 11.7 Å². The molecule has 0 aliphatic heterocycles. The average Bonchev–Trinajstić information content (AvgIpc) is 2.49. The van der Waals surface area contributed by atoms with Gasteiger partial charge in [0.15, 0.2) is 17.5 Å². The maximum Gasteiger partial charge on any atom is 0.320 e. The van der Waals surface area contributed by atoms with Crippen LogP contribution in [0.1, 0.15) is 26.7 Å². The standard InChI is InChI=1S/C16H21FO5/c1-3-20-15(18)12(16(19)21-4-2)8-7-11-22-14-10-6-5-9-13(14)17/h5-6,9-10,12H,3-4,7-8,11H2,1-2H3. The highest BCUT2D eigenvalue weighted by atomic mass is 19.1. The van der Waals surface area contributed by atoms with Crippen LogP contribution in [0.2, 0.25) is 0 Å². The zero-order chi connectivity index (χ0) is 16.4. The molecule has 0 aliphatic rings. The van der Waals surface area contributed by atoms with Crippen LogP contribution >= 0.6 is 0 Å². The molecule has 1 aromatic carbocycles. The second-order valence-corrected chi connectivity index (χ2v) is 4.48. The highest BCUT2D eigenvalue weighted by Gasteiger charge is 2.28. The zero-order valence-electron chi connectivity index (χ0n) is 12.8. The minimum absolute atomic E-state index is 0.145. The second-order valence-electron chi connectivity index (χ2n) is 4.48. The zero-order valence-corrected chi connectivity index (χ0v) is 12.8. The third-order valence-electron chi connectivity index (χ3n) is 2.87. The fourth-order valence-electron chi connectivity index (χ4n) is 1.85. The van der Waals surface area contributed by atoms with Gasteiger partial charge in [-0.05, 0) is 38.8 Å². The third kappa shape index (κ3) is 5.71. The molecule has 0 saturated heterocycles. The number of hydrogen-bond donors (Lipinski definition) is 0. The van der Waals surface area contributed by atoms with E-state index < -0.39 is 23.7 Å². The maximum atomic E-state index is 13.4. The van der Waals surface area contributed by atoms with E-state index in [1.165, 1.54) is 12.1 Å². The average molecular weight is 312 g/mol. The Labute approximate surface area is 129 Å². The number of hydrogen-bond acceptors (Lipinski definition) is 5. The molecule has 0 bridgehead atoms. The molecule has 0 aromatic heterocycles. The number of ether oxygens (including phenoxy) is 3. The first kappa shape index (κ1) is 17.9. The number of esters is 2. The van der Waals surface area contributed by atoms with Crippen molar-refractivity contribution < 1.29 is 28.2 Å². The number of carbonyl (C=O) groups excluding carboxylic acids is 2. The van der Waals surface area contributed by atoms with Gasteiger partial charge in [-0.3, -0.25) is 9.59 Å². The first-order valence-electron chi connectivity index (χ1n) is 7.30. The molecule has 122 valence electrons. The fourth-order valence-corrected chi connectivity index (χ4v) is 1.85. The molecule has 0 amide bonds. The first-order chi connectivity index (χ1) is 10.6. The molecule has 1 aromatic rings. The monoisotopic (exact) mass is 312 g/mol. The topological polar surface area (TPSA) is 61.8 Å². The Balaban J connectivity index is 2.47. The minimum Gasteiger partial charge on any atom is -0.491 e.